The molecule has 0 radical (unpaired) electrons. The first-order valence-corrected chi connectivity index (χ1v) is 6.37. The predicted octanol–water partition coefficient (Wildman–Crippen LogP) is 3.54. The highest BCUT2D eigenvalue weighted by Crippen LogP contribution is 2.35. The molecule has 1 aliphatic rings. The lowest BCUT2D eigenvalue weighted by Gasteiger charge is -2.19. The van der Waals surface area contributed by atoms with Crippen LogP contribution in [0, 0.1) is 5.41 Å². The van der Waals surface area contributed by atoms with E-state index in [-0.39, 0.29) is 5.16 Å². The zero-order valence-electron chi connectivity index (χ0n) is 10.1. The lowest BCUT2D eigenvalue weighted by molar-refractivity contribution is 0.111. The summed E-state index contributed by atoms with van der Waals surface area (Å²) in [6.45, 7) is 3.61. The minimum absolute atomic E-state index is 0.285. The normalized spacial score (nSPS) is 15.6. The standard InChI is InChI=1S/C13H16ClN3O/c1-9(14)16-13-10(7-15)6-12(8-18)17(13)11-4-2-3-5-11/h6-8,11,15-16H,1-5H2. The van der Waals surface area contributed by atoms with Crippen LogP contribution in [0.3, 0.4) is 0 Å². The van der Waals surface area contributed by atoms with E-state index in [1.807, 2.05) is 4.57 Å². The number of anilines is 1. The van der Waals surface area contributed by atoms with Gasteiger partial charge in [-0.15, -0.1) is 0 Å². The fraction of sp³-hybridized carbons (Fsp3) is 0.385. The first-order valence-electron chi connectivity index (χ1n) is 5.99. The van der Waals surface area contributed by atoms with E-state index < -0.39 is 0 Å². The molecule has 1 saturated carbocycles. The molecule has 96 valence electrons. The molecular formula is C13H16ClN3O. The molecule has 0 unspecified atom stereocenters. The summed E-state index contributed by atoms with van der Waals surface area (Å²) in [6.07, 6.45) is 6.49. The van der Waals surface area contributed by atoms with Crippen LogP contribution in [-0.4, -0.2) is 17.1 Å². The van der Waals surface area contributed by atoms with E-state index in [9.17, 15) is 4.79 Å². The lowest BCUT2D eigenvalue weighted by atomic mass is 10.2. The van der Waals surface area contributed by atoms with Gasteiger partial charge in [-0.1, -0.05) is 31.0 Å². The minimum Gasteiger partial charge on any atom is -0.332 e. The molecule has 1 aromatic heterocycles. The van der Waals surface area contributed by atoms with Crippen molar-refractivity contribution in [2.24, 2.45) is 0 Å². The van der Waals surface area contributed by atoms with E-state index in [2.05, 4.69) is 11.9 Å². The first-order chi connectivity index (χ1) is 8.67. The third-order valence-electron chi connectivity index (χ3n) is 3.32. The second kappa shape index (κ2) is 5.40. The van der Waals surface area contributed by atoms with Crippen LogP contribution in [0.15, 0.2) is 17.8 Å². The molecule has 5 heteroatoms. The topological polar surface area (TPSA) is 57.9 Å². The number of carbonyl (C=O) groups excluding carboxylic acids is 1. The summed E-state index contributed by atoms with van der Waals surface area (Å²) in [4.78, 5) is 11.2. The summed E-state index contributed by atoms with van der Waals surface area (Å²) in [6, 6.07) is 2.01. The number of rotatable bonds is 5. The summed E-state index contributed by atoms with van der Waals surface area (Å²) in [7, 11) is 0. The van der Waals surface area contributed by atoms with E-state index in [0.29, 0.717) is 23.1 Å². The van der Waals surface area contributed by atoms with Gasteiger partial charge >= 0.3 is 0 Å². The first kappa shape index (κ1) is 12.9. The number of hydrogen-bond donors (Lipinski definition) is 2. The monoisotopic (exact) mass is 265 g/mol. The highest BCUT2D eigenvalue weighted by Gasteiger charge is 2.24. The Morgan fingerprint density at radius 2 is 2.22 bits per heavy atom. The van der Waals surface area contributed by atoms with Gasteiger partial charge < -0.3 is 15.3 Å². The fourth-order valence-corrected chi connectivity index (χ4v) is 2.67. The van der Waals surface area contributed by atoms with Gasteiger partial charge in [0.05, 0.1) is 10.9 Å². The molecule has 0 aliphatic heterocycles. The van der Waals surface area contributed by atoms with Crippen LogP contribution in [-0.2, 0) is 0 Å². The molecule has 1 aliphatic carbocycles. The van der Waals surface area contributed by atoms with Gasteiger partial charge in [0.1, 0.15) is 5.82 Å². The summed E-state index contributed by atoms with van der Waals surface area (Å²) in [5, 5.41) is 10.7. The Balaban J connectivity index is 2.50. The second-order valence-electron chi connectivity index (χ2n) is 4.47. The van der Waals surface area contributed by atoms with Crippen molar-refractivity contribution in [2.75, 3.05) is 5.32 Å². The number of aldehydes is 1. The number of nitrogens with one attached hydrogen (secondary N) is 2. The maximum atomic E-state index is 11.2. The van der Waals surface area contributed by atoms with Gasteiger partial charge in [-0.3, -0.25) is 4.79 Å². The van der Waals surface area contributed by atoms with Crippen molar-refractivity contribution >= 4 is 29.9 Å². The zero-order chi connectivity index (χ0) is 13.1. The molecule has 4 nitrogen and oxygen atoms in total. The minimum atomic E-state index is 0.285. The van der Waals surface area contributed by atoms with Gasteiger partial charge in [-0.05, 0) is 18.9 Å². The molecule has 2 rings (SSSR count). The highest BCUT2D eigenvalue weighted by atomic mass is 35.5. The predicted molar refractivity (Wildman–Crippen MR) is 73.8 cm³/mol. The Kier molecular flexibility index (Phi) is 3.87. The highest BCUT2D eigenvalue weighted by molar-refractivity contribution is 6.30. The third kappa shape index (κ3) is 2.34. The Hall–Kier alpha value is -1.55. The quantitative estimate of drug-likeness (QED) is 0.486. The van der Waals surface area contributed by atoms with Gasteiger partial charge in [0.15, 0.2) is 6.29 Å². The third-order valence-corrected chi connectivity index (χ3v) is 3.41. The molecule has 1 aromatic rings. The van der Waals surface area contributed by atoms with Crippen LogP contribution in [0.2, 0.25) is 0 Å². The van der Waals surface area contributed by atoms with Crippen LogP contribution in [0.5, 0.6) is 0 Å². The average Bonchev–Trinajstić information content (AvgIpc) is 2.94. The molecule has 0 saturated heterocycles. The van der Waals surface area contributed by atoms with Crippen LogP contribution in [0.4, 0.5) is 5.82 Å². The summed E-state index contributed by atoms with van der Waals surface area (Å²) in [5.41, 5.74) is 1.24. The van der Waals surface area contributed by atoms with Crippen LogP contribution < -0.4 is 5.32 Å². The number of aromatic nitrogens is 1. The summed E-state index contributed by atoms with van der Waals surface area (Å²) in [5.74, 6) is 0.694. The van der Waals surface area contributed by atoms with Crippen molar-refractivity contribution < 1.29 is 4.79 Å². The van der Waals surface area contributed by atoms with E-state index in [1.165, 1.54) is 19.1 Å². The number of carbonyl (C=O) groups is 1. The summed E-state index contributed by atoms with van der Waals surface area (Å²) < 4.78 is 1.95. The van der Waals surface area contributed by atoms with Gasteiger partial charge in [-0.2, -0.15) is 0 Å². The smallest absolute Gasteiger partial charge is 0.166 e. The van der Waals surface area contributed by atoms with Gasteiger partial charge in [0.2, 0.25) is 0 Å². The molecule has 0 amide bonds. The van der Waals surface area contributed by atoms with Crippen molar-refractivity contribution in [1.29, 1.82) is 5.41 Å². The molecule has 1 heterocycles. The van der Waals surface area contributed by atoms with E-state index in [4.69, 9.17) is 17.0 Å². The molecule has 0 spiro atoms. The fourth-order valence-electron chi connectivity index (χ4n) is 2.58. The molecular weight excluding hydrogens is 250 g/mol. The summed E-state index contributed by atoms with van der Waals surface area (Å²) >= 11 is 5.79. The number of nitrogens with zero attached hydrogens (tertiary/aromatic N) is 1. The second-order valence-corrected chi connectivity index (χ2v) is 4.93. The van der Waals surface area contributed by atoms with Crippen LogP contribution >= 0.6 is 11.6 Å². The molecule has 0 aromatic carbocycles. The molecule has 0 bridgehead atoms. The van der Waals surface area contributed by atoms with Crippen molar-refractivity contribution in [3.63, 3.8) is 0 Å². The zero-order valence-corrected chi connectivity index (χ0v) is 10.8. The Morgan fingerprint density at radius 3 is 2.72 bits per heavy atom. The lowest BCUT2D eigenvalue weighted by Crippen LogP contribution is -2.12. The van der Waals surface area contributed by atoms with E-state index >= 15 is 0 Å². The Morgan fingerprint density at radius 1 is 1.56 bits per heavy atom. The molecule has 0 atom stereocenters. The Bertz CT molecular complexity index is 487. The van der Waals surface area contributed by atoms with Crippen LogP contribution in [0.1, 0.15) is 47.8 Å². The maximum absolute atomic E-state index is 11.2. The average molecular weight is 266 g/mol. The van der Waals surface area contributed by atoms with E-state index in [1.54, 1.807) is 6.07 Å². The van der Waals surface area contributed by atoms with Crippen molar-refractivity contribution in [2.45, 2.75) is 31.7 Å². The van der Waals surface area contributed by atoms with Gasteiger partial charge in [-0.25, -0.2) is 0 Å². The maximum Gasteiger partial charge on any atom is 0.166 e. The SMILES string of the molecule is C=C(Cl)Nc1c(C=N)cc(C=O)n1C1CCCC1. The van der Waals surface area contributed by atoms with Gasteiger partial charge in [0.25, 0.3) is 0 Å². The Labute approximate surface area is 111 Å². The molecule has 2 N–H and O–H groups in total. The number of hydrogen-bond acceptors (Lipinski definition) is 3. The van der Waals surface area contributed by atoms with E-state index in [0.717, 1.165) is 19.1 Å². The van der Waals surface area contributed by atoms with Crippen molar-refractivity contribution in [1.82, 2.24) is 4.57 Å². The largest absolute Gasteiger partial charge is 0.332 e. The number of halogens is 1. The van der Waals surface area contributed by atoms with Crippen molar-refractivity contribution in [3.8, 4) is 0 Å². The van der Waals surface area contributed by atoms with Crippen molar-refractivity contribution in [3.05, 3.63) is 29.1 Å². The van der Waals surface area contributed by atoms with Crippen LogP contribution in [0.25, 0.3) is 0 Å². The van der Waals surface area contributed by atoms with Gasteiger partial charge in [0, 0.05) is 17.8 Å². The molecule has 1 fully saturated rings. The molecule has 18 heavy (non-hydrogen) atoms.